The number of ether oxygens (including phenoxy) is 2. The van der Waals surface area contributed by atoms with Crippen LogP contribution in [0.5, 0.6) is 17.2 Å². The summed E-state index contributed by atoms with van der Waals surface area (Å²) in [6.07, 6.45) is 0. The molecule has 0 radical (unpaired) electrons. The minimum Gasteiger partial charge on any atom is -0.505 e. The molecule has 39 heavy (non-hydrogen) atoms. The Hall–Kier alpha value is -4.59. The molecule has 0 saturated carbocycles. The predicted molar refractivity (Wildman–Crippen MR) is 148 cm³/mol. The highest BCUT2D eigenvalue weighted by molar-refractivity contribution is 7.78. The molecule has 0 spiro atoms. The van der Waals surface area contributed by atoms with Crippen LogP contribution >= 0.6 is 12.2 Å². The maximum atomic E-state index is 14.4. The number of phenolic OH excluding ortho intramolecular Hbond substituents is 1. The molecular weight excluding hydrogens is 524 g/mol. The molecule has 0 unspecified atom stereocenters. The summed E-state index contributed by atoms with van der Waals surface area (Å²) in [6, 6.07) is 15.1. The number of benzene rings is 4. The Bertz CT molecular complexity index is 1810. The Morgan fingerprint density at radius 3 is 2.33 bits per heavy atom. The number of phenols is 1. The van der Waals surface area contributed by atoms with Crippen molar-refractivity contribution in [2.24, 2.45) is 4.99 Å². The summed E-state index contributed by atoms with van der Waals surface area (Å²) in [4.78, 5) is 15.9. The number of aliphatic imine (C=N–C) groups is 1. The first kappa shape index (κ1) is 26.0. The van der Waals surface area contributed by atoms with Crippen LogP contribution in [0.15, 0.2) is 74.9 Å². The van der Waals surface area contributed by atoms with E-state index < -0.39 is 22.8 Å². The lowest BCUT2D eigenvalue weighted by Crippen LogP contribution is -2.10. The summed E-state index contributed by atoms with van der Waals surface area (Å²) in [5.41, 5.74) is 2.96. The summed E-state index contributed by atoms with van der Waals surface area (Å²) in [7, 11) is 0. The molecule has 1 N–H and O–H groups in total. The second-order valence-corrected chi connectivity index (χ2v) is 9.07. The Morgan fingerprint density at radius 2 is 1.62 bits per heavy atom. The molecule has 6 nitrogen and oxygen atoms in total. The van der Waals surface area contributed by atoms with Gasteiger partial charge in [0.05, 0.1) is 10.8 Å². The molecule has 0 amide bonds. The molecule has 0 saturated heterocycles. The fourth-order valence-corrected chi connectivity index (χ4v) is 4.40. The Morgan fingerprint density at radius 1 is 0.923 bits per heavy atom. The number of thiocarbonyl (C=S) groups is 1. The number of aromatic hydroxyl groups is 1. The van der Waals surface area contributed by atoms with Crippen LogP contribution in [0.4, 0.5) is 14.5 Å². The molecule has 2 aliphatic rings. The van der Waals surface area contributed by atoms with Crippen molar-refractivity contribution in [1.29, 1.82) is 0 Å². The minimum atomic E-state index is -0.964. The van der Waals surface area contributed by atoms with Crippen molar-refractivity contribution in [2.75, 3.05) is 13.2 Å². The van der Waals surface area contributed by atoms with Crippen LogP contribution in [-0.2, 0) is 0 Å². The van der Waals surface area contributed by atoms with Crippen LogP contribution in [0.2, 0.25) is 0 Å². The van der Waals surface area contributed by atoms with E-state index in [1.807, 2.05) is 32.0 Å². The second-order valence-electron chi connectivity index (χ2n) is 8.89. The van der Waals surface area contributed by atoms with E-state index in [9.17, 15) is 18.7 Å². The molecule has 1 heterocycles. The summed E-state index contributed by atoms with van der Waals surface area (Å²) in [5.74, 6) is -1.16. The van der Waals surface area contributed by atoms with Crippen molar-refractivity contribution in [3.63, 3.8) is 0 Å². The zero-order valence-corrected chi connectivity index (χ0v) is 21.7. The van der Waals surface area contributed by atoms with E-state index in [1.165, 1.54) is 0 Å². The second kappa shape index (κ2) is 10.6. The van der Waals surface area contributed by atoms with Gasteiger partial charge in [-0.25, -0.2) is 8.78 Å². The van der Waals surface area contributed by atoms with Crippen LogP contribution in [0.1, 0.15) is 11.1 Å². The lowest BCUT2D eigenvalue weighted by atomic mass is 9.92. The van der Waals surface area contributed by atoms with Gasteiger partial charge in [0.25, 0.3) is 0 Å². The molecule has 3 aromatic carbocycles. The highest BCUT2D eigenvalue weighted by Gasteiger charge is 2.21. The molecule has 196 valence electrons. The van der Waals surface area contributed by atoms with Crippen LogP contribution in [0.3, 0.4) is 0 Å². The zero-order chi connectivity index (χ0) is 27.7. The van der Waals surface area contributed by atoms with Gasteiger partial charge in [-0.15, -0.1) is 0 Å². The molecule has 3 aromatic rings. The number of nitrogens with zero attached hydrogens (tertiary/aromatic N) is 1. The highest BCUT2D eigenvalue weighted by atomic mass is 32.1. The Labute approximate surface area is 227 Å². The van der Waals surface area contributed by atoms with Crippen LogP contribution < -0.4 is 14.9 Å². The van der Waals surface area contributed by atoms with Gasteiger partial charge in [-0.05, 0) is 67.0 Å². The fraction of sp³-hybridized carbons (Fsp3) is 0.133. The summed E-state index contributed by atoms with van der Waals surface area (Å²) in [5, 5.41) is 12.5. The maximum Gasteiger partial charge on any atom is 0.217 e. The fourth-order valence-electron chi connectivity index (χ4n) is 4.29. The van der Waals surface area contributed by atoms with E-state index in [1.54, 1.807) is 18.2 Å². The monoisotopic (exact) mass is 545 g/mol. The van der Waals surface area contributed by atoms with Gasteiger partial charge in [-0.3, -0.25) is 4.79 Å². The van der Waals surface area contributed by atoms with Gasteiger partial charge >= 0.3 is 0 Å². The Kier molecular flexibility index (Phi) is 7.11. The van der Waals surface area contributed by atoms with E-state index in [0.29, 0.717) is 33.7 Å². The molecule has 0 fully saturated rings. The molecular formula is C30H21F2NO5S. The average Bonchev–Trinajstić information content (AvgIpc) is 2.90. The van der Waals surface area contributed by atoms with E-state index in [-0.39, 0.29) is 30.1 Å². The summed E-state index contributed by atoms with van der Waals surface area (Å²) < 4.78 is 46.4. The third-order valence-electron chi connectivity index (χ3n) is 6.26. The van der Waals surface area contributed by atoms with E-state index >= 15 is 0 Å². The number of halogens is 2. The number of fused-ring (bicyclic) bond motifs is 2. The lowest BCUT2D eigenvalue weighted by molar-refractivity contribution is 0.215. The first-order valence-corrected chi connectivity index (χ1v) is 12.3. The van der Waals surface area contributed by atoms with Gasteiger partial charge in [-0.2, -0.15) is 4.99 Å². The molecule has 0 aromatic heterocycles. The van der Waals surface area contributed by atoms with Crippen molar-refractivity contribution in [2.45, 2.75) is 13.8 Å². The van der Waals surface area contributed by atoms with Crippen LogP contribution in [0.25, 0.3) is 33.4 Å². The first-order valence-electron chi connectivity index (χ1n) is 11.9. The number of rotatable bonds is 7. The zero-order valence-electron chi connectivity index (χ0n) is 20.9. The van der Waals surface area contributed by atoms with Gasteiger partial charge in [0.15, 0.2) is 17.4 Å². The van der Waals surface area contributed by atoms with E-state index in [2.05, 4.69) is 22.4 Å². The largest absolute Gasteiger partial charge is 0.505 e. The Balaban J connectivity index is 1.49. The molecule has 1 aliphatic heterocycles. The van der Waals surface area contributed by atoms with Crippen molar-refractivity contribution in [3.05, 3.63) is 93.6 Å². The van der Waals surface area contributed by atoms with Gasteiger partial charge in [0, 0.05) is 34.7 Å². The van der Waals surface area contributed by atoms with Gasteiger partial charge in [0.2, 0.25) is 5.43 Å². The van der Waals surface area contributed by atoms with Gasteiger partial charge in [0.1, 0.15) is 36.1 Å². The summed E-state index contributed by atoms with van der Waals surface area (Å²) in [6.45, 7) is 4.24. The van der Waals surface area contributed by atoms with Crippen molar-refractivity contribution >= 4 is 34.0 Å². The number of hydrogen-bond acceptors (Lipinski definition) is 7. The maximum absolute atomic E-state index is 14.4. The number of hydrogen-bond donors (Lipinski definition) is 1. The molecule has 5 rings (SSSR count). The quantitative estimate of drug-likeness (QED) is 0.0996. The van der Waals surface area contributed by atoms with Gasteiger partial charge < -0.3 is 19.0 Å². The standard InChI is InChI=1S/C30H21F2NO5S/c1-16-3-5-18(9-26(16)36-7-8-37-27-10-19(33-15-39)6-4-17(27)2)30-20-11-22(31)24(34)13-28(20)38-29-14-25(35)23(32)12-21(29)30/h3-6,9-14,34H,7-8H2,1-2H3. The predicted octanol–water partition coefficient (Wildman–Crippen LogP) is 7.36. The first-order chi connectivity index (χ1) is 18.7. The van der Waals surface area contributed by atoms with Crippen molar-refractivity contribution < 1.29 is 27.8 Å². The normalized spacial score (nSPS) is 11.0. The SMILES string of the molecule is Cc1ccc(N=C=S)cc1OCCOc1cc(-c2c3cc(F)c(=O)cc-3oc3cc(O)c(F)cc23)ccc1C. The number of aryl methyl sites for hydroxylation is 2. The molecule has 9 heteroatoms. The smallest absolute Gasteiger partial charge is 0.217 e. The lowest BCUT2D eigenvalue weighted by Gasteiger charge is -2.17. The van der Waals surface area contributed by atoms with E-state index in [0.717, 1.165) is 35.4 Å². The highest BCUT2D eigenvalue weighted by Crippen LogP contribution is 2.42. The number of isothiocyanates is 1. The minimum absolute atomic E-state index is 0.0990. The third kappa shape index (κ3) is 5.23. The molecule has 1 aliphatic carbocycles. The molecule has 0 bridgehead atoms. The van der Waals surface area contributed by atoms with Crippen molar-refractivity contribution in [1.82, 2.24) is 0 Å². The topological polar surface area (TPSA) is 81.3 Å². The third-order valence-corrected chi connectivity index (χ3v) is 6.35. The molecule has 0 atom stereocenters. The van der Waals surface area contributed by atoms with Crippen LogP contribution in [0, 0.1) is 25.5 Å². The van der Waals surface area contributed by atoms with Gasteiger partial charge in [-0.1, -0.05) is 18.2 Å². The average molecular weight is 546 g/mol. The summed E-state index contributed by atoms with van der Waals surface area (Å²) >= 11 is 4.66. The van der Waals surface area contributed by atoms with E-state index in [4.69, 9.17) is 13.9 Å². The van der Waals surface area contributed by atoms with Crippen molar-refractivity contribution in [3.8, 4) is 39.7 Å². The van der Waals surface area contributed by atoms with Crippen LogP contribution in [-0.4, -0.2) is 23.5 Å².